The predicted octanol–water partition coefficient (Wildman–Crippen LogP) is 15.9. The fraction of sp³-hybridized carbons (Fsp3) is 0.344. The fourth-order valence-electron chi connectivity index (χ4n) is 15.8. The lowest BCUT2D eigenvalue weighted by molar-refractivity contribution is -0.461. The van der Waals surface area contributed by atoms with E-state index in [2.05, 4.69) is 104 Å². The maximum Gasteiger partial charge on any atom is 0.329 e. The third-order valence-corrected chi connectivity index (χ3v) is 21.7. The number of alkyl halides is 2. The molecule has 5 fully saturated rings. The number of piperazine rings is 1. The van der Waals surface area contributed by atoms with Crippen LogP contribution in [0, 0.1) is 13.8 Å². The fourth-order valence-corrected chi connectivity index (χ4v) is 15.8. The number of phenolic OH excluding ortho intramolecular Hbond substituents is 3. The van der Waals surface area contributed by atoms with Crippen molar-refractivity contribution in [1.82, 2.24) is 35.1 Å². The number of nitrogens with zero attached hydrogens (tertiary/aromatic N) is 11. The third kappa shape index (κ3) is 23.3. The Morgan fingerprint density at radius 1 is 0.443 bits per heavy atom. The summed E-state index contributed by atoms with van der Waals surface area (Å²) in [4.78, 5) is 67.0. The molecule has 638 valence electrons. The third-order valence-electron chi connectivity index (χ3n) is 21.7. The van der Waals surface area contributed by atoms with E-state index in [0.717, 1.165) is 133 Å². The molecule has 4 N–H and O–H groups in total. The van der Waals surface area contributed by atoms with Crippen LogP contribution < -0.4 is 48.6 Å². The highest BCUT2D eigenvalue weighted by atomic mass is 19.1. The number of aromatic hydroxyl groups is 3. The number of ether oxygens (including phenoxy) is 6. The summed E-state index contributed by atoms with van der Waals surface area (Å²) >= 11 is 0. The molecule has 6 aliphatic heterocycles. The number of fused-ring (bicyclic) bond motifs is 2. The van der Waals surface area contributed by atoms with Crippen molar-refractivity contribution in [2.45, 2.75) is 136 Å². The van der Waals surface area contributed by atoms with Crippen molar-refractivity contribution in [3.05, 3.63) is 263 Å². The van der Waals surface area contributed by atoms with Gasteiger partial charge in [0.25, 0.3) is 0 Å². The number of anilines is 4. The largest absolute Gasteiger partial charge is 0.507 e. The van der Waals surface area contributed by atoms with Crippen molar-refractivity contribution >= 4 is 66.3 Å². The van der Waals surface area contributed by atoms with Gasteiger partial charge in [0, 0.05) is 99.4 Å². The Balaban J connectivity index is 0.000000140. The Morgan fingerprint density at radius 2 is 0.795 bits per heavy atom. The SMILES string of the molecule is C=Cc1c(O)cccc1OCc1cccnc1N1CC2CCC(C1)O2.C=Cc1c(O)cccc1OCc1cccnc1N1CC[C@H](F)C1.Cc1cccc(OCc2cccnc2N2CCN(C)CC2)c1C=O.Cc1cccc(OCc2cccnc2[N+]2=CC(C)(C)NC(C)(C)C2)c1C=O.O=Cc1c(O)cccc1OCc1cccnc1N1CC[C@@H](F)C1. The number of aryl methyl sites for hydroxylation is 2. The number of pyridine rings is 5. The van der Waals surface area contributed by atoms with Crippen LogP contribution in [0.25, 0.3) is 12.2 Å². The molecule has 5 saturated heterocycles. The van der Waals surface area contributed by atoms with Crippen LogP contribution in [0.1, 0.15) is 135 Å². The van der Waals surface area contributed by atoms with Crippen molar-refractivity contribution in [2.75, 3.05) is 98.6 Å². The minimum atomic E-state index is -0.835. The number of aldehydes is 3. The van der Waals surface area contributed by atoms with Gasteiger partial charge in [-0.15, -0.1) is 0 Å². The zero-order valence-electron chi connectivity index (χ0n) is 70.3. The quantitative estimate of drug-likeness (QED) is 0.0306. The molecule has 5 aromatic heterocycles. The Labute approximate surface area is 712 Å². The first-order chi connectivity index (χ1) is 59.0. The van der Waals surface area contributed by atoms with Gasteiger partial charge in [-0.1, -0.05) is 92.0 Å². The van der Waals surface area contributed by atoms with Gasteiger partial charge in [-0.25, -0.2) is 33.3 Å². The molecule has 122 heavy (non-hydrogen) atoms. The van der Waals surface area contributed by atoms with Crippen LogP contribution in [-0.2, 0) is 37.8 Å². The Morgan fingerprint density at radius 3 is 1.18 bits per heavy atom. The summed E-state index contributed by atoms with van der Waals surface area (Å²) in [6.07, 6.45) is 18.7. The van der Waals surface area contributed by atoms with Crippen LogP contribution in [0.3, 0.4) is 0 Å². The normalized spacial score (nSPS) is 18.0. The number of halogens is 2. The molecule has 0 amide bonds. The molecule has 11 heterocycles. The van der Waals surface area contributed by atoms with E-state index >= 15 is 0 Å². The molecule has 6 aliphatic rings. The molecule has 0 saturated carbocycles. The second-order valence-corrected chi connectivity index (χ2v) is 32.0. The van der Waals surface area contributed by atoms with Gasteiger partial charge >= 0.3 is 5.82 Å². The smallest absolute Gasteiger partial charge is 0.329 e. The van der Waals surface area contributed by atoms with Crippen LogP contribution in [0.4, 0.5) is 37.9 Å². The maximum atomic E-state index is 13.4. The second-order valence-electron chi connectivity index (χ2n) is 32.0. The minimum absolute atomic E-state index is 0.0465. The molecule has 0 aliphatic carbocycles. The monoisotopic (exact) mass is 1660 g/mol. The van der Waals surface area contributed by atoms with Crippen molar-refractivity contribution in [3.8, 4) is 46.0 Å². The second kappa shape index (κ2) is 42.0. The molecule has 10 aromatic rings. The highest BCUT2D eigenvalue weighted by molar-refractivity contribution is 5.84. The molecule has 0 spiro atoms. The number of phenols is 3. The number of morpholine rings is 1. The molecule has 0 radical (unpaired) electrons. The summed E-state index contributed by atoms with van der Waals surface area (Å²) in [7, 11) is 2.14. The minimum Gasteiger partial charge on any atom is -0.507 e. The zero-order valence-corrected chi connectivity index (χ0v) is 70.3. The van der Waals surface area contributed by atoms with E-state index in [4.69, 9.17) is 28.4 Å². The van der Waals surface area contributed by atoms with Crippen molar-refractivity contribution in [2.24, 2.45) is 0 Å². The standard InChI is InChI=1S/C22H28N3O2.C20H22N2O3.C19H23N3O2.C18H19FN2O2.C17H17FN2O3/c1-16-8-6-10-19(18(16)12-26)27-13-17-9-7-11-23-20(17)25-14-21(2,3)24-22(4,5)15-25;1-2-17-18(23)6-3-7-19(17)24-13-14-5-4-10-21-20(14)22-11-15-8-9-16(12-22)25-15;1-15-5-3-7-18(17(15)13-23)24-14-16-6-4-8-20-19(16)22-11-9-21(2)10-12-22;1-2-15-16(22)6-3-7-17(15)23-12-13-5-4-9-20-18(13)21-10-8-14(19)11-21;18-13-6-8-20(9-13)17-12(3-2-7-19-17)11-23-16-5-1-4-15(22)14(16)10-21/h6-12,14,24H,13,15H2,1-5H3;2-7,10,15-16,23H,1,8-9,11-13H2;3-8,13H,9-12,14H2,1-2H3;2-7,9,14,22H,1,8,10-12H2;1-5,7,10,13,22H,6,8-9,11H2/q+1;;;;/t;;;14-;13-/m...01/s1. The van der Waals surface area contributed by atoms with Crippen molar-refractivity contribution in [3.63, 3.8) is 0 Å². The van der Waals surface area contributed by atoms with Gasteiger partial charge in [0.05, 0.1) is 76.0 Å². The van der Waals surface area contributed by atoms with Crippen LogP contribution in [0.15, 0.2) is 196 Å². The molecule has 2 bridgehead atoms. The van der Waals surface area contributed by atoms with Crippen LogP contribution >= 0.6 is 0 Å². The van der Waals surface area contributed by atoms with E-state index in [9.17, 15) is 38.5 Å². The van der Waals surface area contributed by atoms with E-state index in [1.54, 1.807) is 79.3 Å². The van der Waals surface area contributed by atoms with Crippen molar-refractivity contribution in [1.29, 1.82) is 0 Å². The van der Waals surface area contributed by atoms with Gasteiger partial charge in [-0.2, -0.15) is 0 Å². The lowest BCUT2D eigenvalue weighted by atomic mass is 9.94. The number of carbonyl (C=O) groups is 3. The highest BCUT2D eigenvalue weighted by Gasteiger charge is 2.38. The molecule has 24 nitrogen and oxygen atoms in total. The summed E-state index contributed by atoms with van der Waals surface area (Å²) in [5.74, 6) is 7.16. The first-order valence-electron chi connectivity index (χ1n) is 41.1. The summed E-state index contributed by atoms with van der Waals surface area (Å²) in [5.41, 5.74) is 8.89. The average Bonchev–Trinajstić information content (AvgIpc) is 1.17. The number of hydrogen-bond acceptors (Lipinski definition) is 23. The summed E-state index contributed by atoms with van der Waals surface area (Å²) in [6.45, 7) is 30.1. The number of hydrogen-bond donors (Lipinski definition) is 4. The Hall–Kier alpha value is -12.7. The van der Waals surface area contributed by atoms with E-state index in [-0.39, 0.29) is 40.5 Å². The van der Waals surface area contributed by atoms with Crippen molar-refractivity contribution < 1.29 is 71.5 Å². The van der Waals surface area contributed by atoms with Gasteiger partial charge in [0.15, 0.2) is 18.9 Å². The van der Waals surface area contributed by atoms with Gasteiger partial charge < -0.3 is 68.2 Å². The van der Waals surface area contributed by atoms with Gasteiger partial charge in [0.1, 0.15) is 127 Å². The van der Waals surface area contributed by atoms with Gasteiger partial charge in [-0.05, 0) is 175 Å². The highest BCUT2D eigenvalue weighted by Crippen LogP contribution is 2.37. The first-order valence-corrected chi connectivity index (χ1v) is 41.1. The molecule has 4 atom stereocenters. The number of aromatic nitrogens is 5. The van der Waals surface area contributed by atoms with Crippen LogP contribution in [-0.4, -0.2) is 189 Å². The lowest BCUT2D eigenvalue weighted by Crippen LogP contribution is -2.61. The number of carbonyl (C=O) groups excluding carboxylic acids is 3. The van der Waals surface area contributed by atoms with Crippen LogP contribution in [0.5, 0.6) is 46.0 Å². The van der Waals surface area contributed by atoms with E-state index in [0.29, 0.717) is 141 Å². The van der Waals surface area contributed by atoms with Gasteiger partial charge in [0.2, 0.25) is 0 Å². The van der Waals surface area contributed by atoms with Gasteiger partial charge in [-0.3, -0.25) is 19.7 Å². The molecule has 16 rings (SSSR count). The molecule has 5 aromatic carbocycles. The number of rotatable bonds is 25. The number of nitrogens with one attached hydrogen (secondary N) is 1. The Kier molecular flexibility index (Phi) is 30.5. The maximum absolute atomic E-state index is 13.4. The lowest BCUT2D eigenvalue weighted by Gasteiger charge is -2.38. The van der Waals surface area contributed by atoms with E-state index < -0.39 is 12.3 Å². The molecular formula is C96H109F2N12O12+. The summed E-state index contributed by atoms with van der Waals surface area (Å²) < 4.78 is 64.4. The number of likely N-dealkylation sites (N-methyl/N-ethyl adjacent to an activating group) is 1. The zero-order chi connectivity index (χ0) is 86.3. The molecular weight excluding hydrogens is 1550 g/mol. The first kappa shape index (κ1) is 88.6. The predicted molar refractivity (Wildman–Crippen MR) is 471 cm³/mol. The molecule has 2 unspecified atom stereocenters. The van der Waals surface area contributed by atoms with Crippen LogP contribution in [0.2, 0.25) is 0 Å². The number of benzene rings is 5. The average molecular weight is 1660 g/mol. The van der Waals surface area contributed by atoms with E-state index in [1.165, 1.54) is 6.07 Å². The summed E-state index contributed by atoms with van der Waals surface area (Å²) in [5, 5.41) is 33.1. The Bertz CT molecular complexity index is 5150. The summed E-state index contributed by atoms with van der Waals surface area (Å²) in [6, 6.07) is 45.5. The van der Waals surface area contributed by atoms with E-state index in [1.807, 2.05) is 133 Å². The topological polar surface area (TPSA) is 263 Å². The molecule has 26 heteroatoms.